The lowest BCUT2D eigenvalue weighted by atomic mass is 10.2. The lowest BCUT2D eigenvalue weighted by Crippen LogP contribution is -1.98. The zero-order valence-corrected chi connectivity index (χ0v) is 11.5. The molecular formula is C16H9ClFN3. The summed E-state index contributed by atoms with van der Waals surface area (Å²) in [7, 11) is 0. The number of hydrogen-bond acceptors (Lipinski definition) is 2. The van der Waals surface area contributed by atoms with Crippen molar-refractivity contribution in [3.05, 3.63) is 71.3 Å². The second kappa shape index (κ2) is 5.39. The fraction of sp³-hybridized carbons (Fsp3) is 0. The largest absolute Gasteiger partial charge is 0.315 e. The molecule has 0 N–H and O–H groups in total. The summed E-state index contributed by atoms with van der Waals surface area (Å²) in [6.07, 6.45) is 3.42. The first-order chi connectivity index (χ1) is 10.2. The summed E-state index contributed by atoms with van der Waals surface area (Å²) in [5, 5.41) is 9.46. The van der Waals surface area contributed by atoms with Crippen LogP contribution in [0.3, 0.4) is 0 Å². The standard InChI is InChI=1S/C16H9ClFN3/c17-14-3-1-5-20-16(14)15-4-2-6-21(15)13-8-11(10-19)7-12(18)9-13/h1-9H. The van der Waals surface area contributed by atoms with Gasteiger partial charge in [0.1, 0.15) is 11.5 Å². The van der Waals surface area contributed by atoms with Crippen molar-refractivity contribution in [3.8, 4) is 23.1 Å². The Morgan fingerprint density at radius 2 is 2.05 bits per heavy atom. The van der Waals surface area contributed by atoms with Crippen LogP contribution in [0.5, 0.6) is 0 Å². The molecule has 2 heterocycles. The van der Waals surface area contributed by atoms with Gasteiger partial charge in [0.2, 0.25) is 0 Å². The molecule has 3 rings (SSSR count). The van der Waals surface area contributed by atoms with Crippen molar-refractivity contribution in [2.75, 3.05) is 0 Å². The Balaban J connectivity index is 2.19. The number of nitrogens with zero attached hydrogens (tertiary/aromatic N) is 3. The molecule has 0 radical (unpaired) electrons. The first kappa shape index (κ1) is 13.3. The number of hydrogen-bond donors (Lipinski definition) is 0. The van der Waals surface area contributed by atoms with Crippen LogP contribution in [0.4, 0.5) is 4.39 Å². The molecule has 0 bridgehead atoms. The van der Waals surface area contributed by atoms with Gasteiger partial charge >= 0.3 is 0 Å². The van der Waals surface area contributed by atoms with E-state index < -0.39 is 5.82 Å². The Morgan fingerprint density at radius 3 is 2.81 bits per heavy atom. The Morgan fingerprint density at radius 1 is 1.19 bits per heavy atom. The minimum atomic E-state index is -0.462. The van der Waals surface area contributed by atoms with Crippen LogP contribution in [0.25, 0.3) is 17.1 Å². The van der Waals surface area contributed by atoms with E-state index in [0.29, 0.717) is 16.4 Å². The monoisotopic (exact) mass is 297 g/mol. The van der Waals surface area contributed by atoms with Gasteiger partial charge in [-0.3, -0.25) is 4.98 Å². The molecule has 3 aromatic rings. The van der Waals surface area contributed by atoms with Crippen LogP contribution in [0, 0.1) is 17.1 Å². The molecule has 102 valence electrons. The molecule has 5 heteroatoms. The number of nitriles is 1. The minimum absolute atomic E-state index is 0.261. The first-order valence-corrected chi connectivity index (χ1v) is 6.56. The molecule has 0 saturated carbocycles. The predicted molar refractivity (Wildman–Crippen MR) is 78.7 cm³/mol. The molecule has 2 aromatic heterocycles. The van der Waals surface area contributed by atoms with Crippen LogP contribution >= 0.6 is 11.6 Å². The van der Waals surface area contributed by atoms with E-state index in [1.807, 2.05) is 18.2 Å². The zero-order valence-electron chi connectivity index (χ0n) is 10.8. The zero-order chi connectivity index (χ0) is 14.8. The van der Waals surface area contributed by atoms with E-state index in [4.69, 9.17) is 16.9 Å². The van der Waals surface area contributed by atoms with E-state index in [-0.39, 0.29) is 5.56 Å². The molecule has 21 heavy (non-hydrogen) atoms. The predicted octanol–water partition coefficient (Wildman–Crippen LogP) is 4.20. The highest BCUT2D eigenvalue weighted by Gasteiger charge is 2.11. The van der Waals surface area contributed by atoms with Gasteiger partial charge in [0, 0.05) is 18.1 Å². The highest BCUT2D eigenvalue weighted by atomic mass is 35.5. The molecule has 0 fully saturated rings. The van der Waals surface area contributed by atoms with Crippen LogP contribution in [0.15, 0.2) is 54.9 Å². The smallest absolute Gasteiger partial charge is 0.126 e. The van der Waals surface area contributed by atoms with Crippen molar-refractivity contribution in [1.82, 2.24) is 9.55 Å². The fourth-order valence-corrected chi connectivity index (χ4v) is 2.37. The number of aromatic nitrogens is 2. The van der Waals surface area contributed by atoms with Gasteiger partial charge < -0.3 is 4.57 Å². The van der Waals surface area contributed by atoms with Gasteiger partial charge in [0.25, 0.3) is 0 Å². The lowest BCUT2D eigenvalue weighted by molar-refractivity contribution is 0.626. The van der Waals surface area contributed by atoms with Gasteiger partial charge in [-0.1, -0.05) is 11.6 Å². The van der Waals surface area contributed by atoms with Crippen molar-refractivity contribution >= 4 is 11.6 Å². The first-order valence-electron chi connectivity index (χ1n) is 6.18. The van der Waals surface area contributed by atoms with E-state index in [9.17, 15) is 4.39 Å². The lowest BCUT2D eigenvalue weighted by Gasteiger charge is -2.10. The number of pyridine rings is 1. The average Bonchev–Trinajstić information content (AvgIpc) is 2.96. The normalized spacial score (nSPS) is 10.3. The summed E-state index contributed by atoms with van der Waals surface area (Å²) in [6, 6.07) is 13.3. The molecule has 3 nitrogen and oxygen atoms in total. The topological polar surface area (TPSA) is 41.6 Å². The molecule has 1 aromatic carbocycles. The molecule has 0 aliphatic rings. The Kier molecular flexibility index (Phi) is 3.43. The van der Waals surface area contributed by atoms with E-state index in [0.717, 1.165) is 5.69 Å². The van der Waals surface area contributed by atoms with Crippen molar-refractivity contribution < 1.29 is 4.39 Å². The third-order valence-corrected chi connectivity index (χ3v) is 3.34. The van der Waals surface area contributed by atoms with Crippen molar-refractivity contribution in [1.29, 1.82) is 5.26 Å². The highest BCUT2D eigenvalue weighted by Crippen LogP contribution is 2.28. The van der Waals surface area contributed by atoms with Gasteiger partial charge in [-0.05, 0) is 42.5 Å². The van der Waals surface area contributed by atoms with Gasteiger partial charge in [0.05, 0.1) is 22.3 Å². The van der Waals surface area contributed by atoms with E-state index in [1.54, 1.807) is 35.2 Å². The average molecular weight is 298 g/mol. The Labute approximate surface area is 125 Å². The molecule has 0 unspecified atom stereocenters. The molecule has 0 saturated heterocycles. The van der Waals surface area contributed by atoms with Gasteiger partial charge in [0.15, 0.2) is 0 Å². The molecule has 0 atom stereocenters. The number of halogens is 2. The molecule has 0 amide bonds. The Hall–Kier alpha value is -2.64. The van der Waals surface area contributed by atoms with E-state index >= 15 is 0 Å². The molecule has 0 spiro atoms. The molecule has 0 aliphatic carbocycles. The van der Waals surface area contributed by atoms with Gasteiger partial charge in [-0.2, -0.15) is 5.26 Å². The third kappa shape index (κ3) is 2.51. The maximum Gasteiger partial charge on any atom is 0.126 e. The van der Waals surface area contributed by atoms with Crippen molar-refractivity contribution in [2.24, 2.45) is 0 Å². The second-order valence-electron chi connectivity index (χ2n) is 4.41. The van der Waals surface area contributed by atoms with Crippen molar-refractivity contribution in [3.63, 3.8) is 0 Å². The fourth-order valence-electron chi connectivity index (χ4n) is 2.15. The SMILES string of the molecule is N#Cc1cc(F)cc(-n2cccc2-c2ncccc2Cl)c1. The summed E-state index contributed by atoms with van der Waals surface area (Å²) in [4.78, 5) is 4.26. The van der Waals surface area contributed by atoms with Crippen LogP contribution < -0.4 is 0 Å². The second-order valence-corrected chi connectivity index (χ2v) is 4.81. The maximum absolute atomic E-state index is 13.6. The molecular weight excluding hydrogens is 289 g/mol. The summed E-state index contributed by atoms with van der Waals surface area (Å²) < 4.78 is 15.4. The summed E-state index contributed by atoms with van der Waals surface area (Å²) in [6.45, 7) is 0. The van der Waals surface area contributed by atoms with Crippen molar-refractivity contribution in [2.45, 2.75) is 0 Å². The quantitative estimate of drug-likeness (QED) is 0.711. The van der Waals surface area contributed by atoms with E-state index in [2.05, 4.69) is 4.98 Å². The van der Waals surface area contributed by atoms with Gasteiger partial charge in [-0.15, -0.1) is 0 Å². The maximum atomic E-state index is 13.6. The van der Waals surface area contributed by atoms with Gasteiger partial charge in [-0.25, -0.2) is 4.39 Å². The summed E-state index contributed by atoms with van der Waals surface area (Å²) >= 11 is 6.16. The number of rotatable bonds is 2. The third-order valence-electron chi connectivity index (χ3n) is 3.04. The minimum Gasteiger partial charge on any atom is -0.315 e. The van der Waals surface area contributed by atoms with E-state index in [1.165, 1.54) is 12.1 Å². The van der Waals surface area contributed by atoms with Crippen LogP contribution in [-0.2, 0) is 0 Å². The van der Waals surface area contributed by atoms with Crippen LogP contribution in [0.1, 0.15) is 5.56 Å². The van der Waals surface area contributed by atoms with Crippen LogP contribution in [-0.4, -0.2) is 9.55 Å². The Bertz CT molecular complexity index is 849. The summed E-state index contributed by atoms with van der Waals surface area (Å²) in [5.74, 6) is -0.462. The summed E-state index contributed by atoms with van der Waals surface area (Å²) in [5.41, 5.74) is 2.15. The van der Waals surface area contributed by atoms with Crippen LogP contribution in [0.2, 0.25) is 5.02 Å². The number of benzene rings is 1. The highest BCUT2D eigenvalue weighted by molar-refractivity contribution is 6.32. The molecule has 0 aliphatic heterocycles.